The molecule has 5 nitrogen and oxygen atoms in total. The van der Waals surface area contributed by atoms with Crippen LogP contribution in [0.25, 0.3) is 0 Å². The summed E-state index contributed by atoms with van der Waals surface area (Å²) in [5, 5.41) is 8.95. The second-order valence-corrected chi connectivity index (χ2v) is 8.03. The smallest absolute Gasteiger partial charge is 0.244 e. The van der Waals surface area contributed by atoms with E-state index in [4.69, 9.17) is 21.6 Å². The summed E-state index contributed by atoms with van der Waals surface area (Å²) in [5.74, 6) is 0.259. The zero-order valence-electron chi connectivity index (χ0n) is 12.0. The molecule has 3 rings (SSSR count). The van der Waals surface area contributed by atoms with Gasteiger partial charge in [0.25, 0.3) is 0 Å². The number of nitriles is 1. The molecule has 0 bridgehead atoms. The number of ether oxygens (including phenoxy) is 1. The number of hydrogen-bond acceptors (Lipinski definition) is 4. The number of piperidine rings is 1. The van der Waals surface area contributed by atoms with Crippen molar-refractivity contribution in [2.24, 2.45) is 5.92 Å². The number of nitrogens with zero attached hydrogens (tertiary/aromatic N) is 2. The third kappa shape index (κ3) is 2.86. The van der Waals surface area contributed by atoms with Crippen molar-refractivity contribution in [3.8, 4) is 6.07 Å². The third-order valence-corrected chi connectivity index (χ3v) is 6.70. The molecule has 7 heteroatoms. The highest BCUT2D eigenvalue weighted by Crippen LogP contribution is 2.33. The van der Waals surface area contributed by atoms with Crippen LogP contribution in [0.2, 0.25) is 5.02 Å². The van der Waals surface area contributed by atoms with Gasteiger partial charge in [0.2, 0.25) is 10.0 Å². The van der Waals surface area contributed by atoms with E-state index in [-0.39, 0.29) is 21.9 Å². The first-order valence-corrected chi connectivity index (χ1v) is 9.15. The lowest BCUT2D eigenvalue weighted by Crippen LogP contribution is -2.48. The van der Waals surface area contributed by atoms with Gasteiger partial charge in [-0.3, -0.25) is 0 Å². The first-order chi connectivity index (χ1) is 10.5. The molecule has 22 heavy (non-hydrogen) atoms. The molecule has 0 aromatic heterocycles. The van der Waals surface area contributed by atoms with Gasteiger partial charge in [-0.2, -0.15) is 9.57 Å². The topological polar surface area (TPSA) is 70.4 Å². The zero-order valence-corrected chi connectivity index (χ0v) is 13.6. The van der Waals surface area contributed by atoms with Gasteiger partial charge < -0.3 is 4.74 Å². The number of rotatable bonds is 2. The van der Waals surface area contributed by atoms with Crippen LogP contribution >= 0.6 is 11.6 Å². The minimum absolute atomic E-state index is 0.0725. The first-order valence-electron chi connectivity index (χ1n) is 7.34. The highest BCUT2D eigenvalue weighted by molar-refractivity contribution is 7.89. The van der Waals surface area contributed by atoms with E-state index >= 15 is 0 Å². The van der Waals surface area contributed by atoms with Crippen LogP contribution in [0, 0.1) is 17.2 Å². The van der Waals surface area contributed by atoms with Crippen LogP contribution in [-0.4, -0.2) is 38.5 Å². The monoisotopic (exact) mass is 340 g/mol. The van der Waals surface area contributed by atoms with Crippen molar-refractivity contribution in [1.29, 1.82) is 5.26 Å². The van der Waals surface area contributed by atoms with Gasteiger partial charge in [-0.25, -0.2) is 8.42 Å². The van der Waals surface area contributed by atoms with Gasteiger partial charge in [-0.15, -0.1) is 0 Å². The molecule has 0 saturated carbocycles. The summed E-state index contributed by atoms with van der Waals surface area (Å²) >= 11 is 6.07. The number of halogens is 1. The van der Waals surface area contributed by atoms with Crippen LogP contribution in [0.4, 0.5) is 0 Å². The van der Waals surface area contributed by atoms with E-state index < -0.39 is 10.0 Å². The van der Waals surface area contributed by atoms with Crippen molar-refractivity contribution in [2.45, 2.75) is 30.3 Å². The molecule has 118 valence electrons. The highest BCUT2D eigenvalue weighted by atomic mass is 35.5. The molecule has 2 saturated heterocycles. The molecule has 1 aromatic rings. The summed E-state index contributed by atoms with van der Waals surface area (Å²) < 4.78 is 32.8. The maximum Gasteiger partial charge on any atom is 0.244 e. The molecule has 2 aliphatic heterocycles. The molecule has 0 N–H and O–H groups in total. The average molecular weight is 341 g/mol. The Labute approximate surface area is 135 Å². The Morgan fingerprint density at radius 3 is 2.91 bits per heavy atom. The van der Waals surface area contributed by atoms with E-state index in [0.29, 0.717) is 18.7 Å². The quantitative estimate of drug-likeness (QED) is 0.828. The van der Waals surface area contributed by atoms with Crippen molar-refractivity contribution in [2.75, 3.05) is 19.7 Å². The number of hydrogen-bond donors (Lipinski definition) is 0. The fourth-order valence-electron chi connectivity index (χ4n) is 3.19. The molecule has 1 aromatic carbocycles. The molecule has 2 aliphatic rings. The van der Waals surface area contributed by atoms with E-state index in [0.717, 1.165) is 25.9 Å². The van der Waals surface area contributed by atoms with Crippen LogP contribution in [0.5, 0.6) is 0 Å². The van der Waals surface area contributed by atoms with Crippen molar-refractivity contribution in [3.05, 3.63) is 28.8 Å². The Morgan fingerprint density at radius 1 is 1.36 bits per heavy atom. The Bertz CT molecular complexity index is 714. The van der Waals surface area contributed by atoms with Gasteiger partial charge in [-0.05, 0) is 43.4 Å². The van der Waals surface area contributed by atoms with Crippen molar-refractivity contribution < 1.29 is 13.2 Å². The van der Waals surface area contributed by atoms with E-state index in [1.807, 2.05) is 6.07 Å². The van der Waals surface area contributed by atoms with Gasteiger partial charge in [0.15, 0.2) is 0 Å². The molecule has 0 unspecified atom stereocenters. The minimum Gasteiger partial charge on any atom is -0.378 e. The second-order valence-electron chi connectivity index (χ2n) is 5.72. The predicted molar refractivity (Wildman–Crippen MR) is 82.0 cm³/mol. The number of sulfonamides is 1. The first kappa shape index (κ1) is 15.8. The maximum atomic E-state index is 12.8. The lowest BCUT2D eigenvalue weighted by molar-refractivity contribution is -0.0534. The van der Waals surface area contributed by atoms with Crippen LogP contribution < -0.4 is 0 Å². The molecule has 0 radical (unpaired) electrons. The highest BCUT2D eigenvalue weighted by Gasteiger charge is 2.37. The summed E-state index contributed by atoms with van der Waals surface area (Å²) in [6, 6.07) is 6.25. The van der Waals surface area contributed by atoms with E-state index in [1.54, 1.807) is 0 Å². The zero-order chi connectivity index (χ0) is 15.7. The molecular weight excluding hydrogens is 324 g/mol. The van der Waals surface area contributed by atoms with Crippen molar-refractivity contribution in [1.82, 2.24) is 4.31 Å². The standard InChI is InChI=1S/C15H17ClN2O3S/c16-13-8-11(9-17)3-4-15(13)22(19,20)18-6-5-14-12(10-18)2-1-7-21-14/h3-4,8,12,14H,1-2,5-7,10H2/t12-,14-/m1/s1. The van der Waals surface area contributed by atoms with E-state index in [9.17, 15) is 8.42 Å². The average Bonchev–Trinajstić information content (AvgIpc) is 2.54. The maximum absolute atomic E-state index is 12.8. The van der Waals surface area contributed by atoms with E-state index in [1.165, 1.54) is 22.5 Å². The second kappa shape index (κ2) is 6.17. The molecule has 2 fully saturated rings. The van der Waals surface area contributed by atoms with Gasteiger partial charge in [0.1, 0.15) is 4.90 Å². The van der Waals surface area contributed by atoms with Gasteiger partial charge in [0.05, 0.1) is 22.8 Å². The van der Waals surface area contributed by atoms with Gasteiger partial charge >= 0.3 is 0 Å². The lowest BCUT2D eigenvalue weighted by atomic mass is 9.90. The van der Waals surface area contributed by atoms with Crippen molar-refractivity contribution in [3.63, 3.8) is 0 Å². The Kier molecular flexibility index (Phi) is 4.42. The van der Waals surface area contributed by atoms with Gasteiger partial charge in [0, 0.05) is 19.7 Å². The summed E-state index contributed by atoms with van der Waals surface area (Å²) in [6.45, 7) is 1.69. The fraction of sp³-hybridized carbons (Fsp3) is 0.533. The predicted octanol–water partition coefficient (Wildman–Crippen LogP) is 2.40. The number of benzene rings is 1. The Morgan fingerprint density at radius 2 is 2.18 bits per heavy atom. The van der Waals surface area contributed by atoms with Crippen LogP contribution in [-0.2, 0) is 14.8 Å². The molecule has 0 aliphatic carbocycles. The Balaban J connectivity index is 1.85. The number of fused-ring (bicyclic) bond motifs is 1. The van der Waals surface area contributed by atoms with E-state index in [2.05, 4.69) is 0 Å². The molecular formula is C15H17ClN2O3S. The van der Waals surface area contributed by atoms with Crippen molar-refractivity contribution >= 4 is 21.6 Å². The molecule has 2 heterocycles. The fourth-order valence-corrected chi connectivity index (χ4v) is 5.22. The summed E-state index contributed by atoms with van der Waals surface area (Å²) in [6.07, 6.45) is 2.87. The molecule has 2 atom stereocenters. The summed E-state index contributed by atoms with van der Waals surface area (Å²) in [4.78, 5) is 0.0725. The van der Waals surface area contributed by atoms with Crippen LogP contribution in [0.15, 0.2) is 23.1 Å². The molecule has 0 spiro atoms. The third-order valence-electron chi connectivity index (χ3n) is 4.36. The summed E-state index contributed by atoms with van der Waals surface area (Å²) in [5.41, 5.74) is 0.350. The van der Waals surface area contributed by atoms with Gasteiger partial charge in [-0.1, -0.05) is 11.6 Å². The molecule has 0 amide bonds. The SMILES string of the molecule is N#Cc1ccc(S(=O)(=O)N2CC[C@H]3OCCC[C@@H]3C2)c(Cl)c1. The lowest BCUT2D eigenvalue weighted by Gasteiger charge is -2.40. The summed E-state index contributed by atoms with van der Waals surface area (Å²) in [7, 11) is -3.63. The van der Waals surface area contributed by atoms with Crippen LogP contribution in [0.3, 0.4) is 0 Å². The largest absolute Gasteiger partial charge is 0.378 e. The Hall–Kier alpha value is -1.13. The minimum atomic E-state index is -3.63. The van der Waals surface area contributed by atoms with Crippen LogP contribution in [0.1, 0.15) is 24.8 Å². The normalized spacial score (nSPS) is 26.2.